The van der Waals surface area contributed by atoms with Crippen molar-refractivity contribution >= 4 is 5.71 Å². The van der Waals surface area contributed by atoms with Gasteiger partial charge in [-0.3, -0.25) is 0 Å². The van der Waals surface area contributed by atoms with Gasteiger partial charge in [-0.2, -0.15) is 0 Å². The Hall–Kier alpha value is -0.890. The van der Waals surface area contributed by atoms with Crippen LogP contribution in [0.4, 0.5) is 0 Å². The first kappa shape index (κ1) is 9.20. The first-order chi connectivity index (χ1) is 5.43. The van der Waals surface area contributed by atoms with Crippen LogP contribution in [0.1, 0.15) is 27.2 Å². The third kappa shape index (κ3) is 1.64. The van der Waals surface area contributed by atoms with Gasteiger partial charge in [0.1, 0.15) is 0 Å². The van der Waals surface area contributed by atoms with Gasteiger partial charge >= 0.3 is 0 Å². The third-order valence-electron chi connectivity index (χ3n) is 2.24. The SMILES string of the molecule is CC(=N)C1=CC(C)=CCC1(C)N. The average molecular weight is 164 g/mol. The minimum absolute atomic E-state index is 0.342. The predicted molar refractivity (Wildman–Crippen MR) is 52.5 cm³/mol. The van der Waals surface area contributed by atoms with Gasteiger partial charge in [-0.1, -0.05) is 17.7 Å². The van der Waals surface area contributed by atoms with E-state index in [1.54, 1.807) is 6.92 Å². The highest BCUT2D eigenvalue weighted by molar-refractivity contribution is 5.98. The molecular formula is C10H16N2. The van der Waals surface area contributed by atoms with Gasteiger partial charge in [0.25, 0.3) is 0 Å². The van der Waals surface area contributed by atoms with Crippen molar-refractivity contribution in [3.8, 4) is 0 Å². The second kappa shape index (κ2) is 2.87. The zero-order chi connectivity index (χ0) is 9.35. The lowest BCUT2D eigenvalue weighted by Gasteiger charge is -2.29. The molecule has 1 unspecified atom stereocenters. The molecule has 0 spiro atoms. The Morgan fingerprint density at radius 2 is 2.25 bits per heavy atom. The van der Waals surface area contributed by atoms with E-state index in [0.717, 1.165) is 12.0 Å². The molecule has 2 heteroatoms. The Morgan fingerprint density at radius 3 is 2.67 bits per heavy atom. The molecule has 1 atom stereocenters. The van der Waals surface area contributed by atoms with Gasteiger partial charge in [0.15, 0.2) is 0 Å². The molecule has 12 heavy (non-hydrogen) atoms. The van der Waals surface area contributed by atoms with Crippen molar-refractivity contribution in [3.63, 3.8) is 0 Å². The number of nitrogens with two attached hydrogens (primary N) is 1. The molecule has 66 valence electrons. The molecule has 0 bridgehead atoms. The zero-order valence-corrected chi connectivity index (χ0v) is 7.94. The average Bonchev–Trinajstić information content (AvgIpc) is 1.94. The molecule has 0 aromatic carbocycles. The maximum Gasteiger partial charge on any atom is 0.0433 e. The van der Waals surface area contributed by atoms with Crippen molar-refractivity contribution < 1.29 is 0 Å². The monoisotopic (exact) mass is 164 g/mol. The van der Waals surface area contributed by atoms with E-state index in [1.807, 2.05) is 19.9 Å². The zero-order valence-electron chi connectivity index (χ0n) is 7.94. The highest BCUT2D eigenvalue weighted by Crippen LogP contribution is 2.26. The summed E-state index contributed by atoms with van der Waals surface area (Å²) in [6, 6.07) is 0. The summed E-state index contributed by atoms with van der Waals surface area (Å²) in [5, 5.41) is 7.56. The summed E-state index contributed by atoms with van der Waals surface area (Å²) in [4.78, 5) is 0. The van der Waals surface area contributed by atoms with Crippen LogP contribution in [-0.4, -0.2) is 11.3 Å². The molecule has 0 radical (unpaired) electrons. The molecule has 1 aliphatic rings. The number of rotatable bonds is 1. The molecule has 0 amide bonds. The van der Waals surface area contributed by atoms with E-state index < -0.39 is 0 Å². The van der Waals surface area contributed by atoms with Crippen LogP contribution in [0, 0.1) is 5.41 Å². The molecule has 1 rings (SSSR count). The maximum absolute atomic E-state index is 7.56. The van der Waals surface area contributed by atoms with E-state index in [9.17, 15) is 0 Å². The molecule has 0 heterocycles. The number of allylic oxidation sites excluding steroid dienone is 2. The van der Waals surface area contributed by atoms with Crippen molar-refractivity contribution in [1.82, 2.24) is 0 Å². The Balaban J connectivity index is 3.05. The lowest BCUT2D eigenvalue weighted by Crippen LogP contribution is -2.41. The molecular weight excluding hydrogens is 148 g/mol. The molecule has 0 aromatic rings. The summed E-state index contributed by atoms with van der Waals surface area (Å²) in [5.41, 5.74) is 8.43. The van der Waals surface area contributed by atoms with Crippen molar-refractivity contribution in [2.45, 2.75) is 32.7 Å². The summed E-state index contributed by atoms with van der Waals surface area (Å²) in [5.74, 6) is 0. The van der Waals surface area contributed by atoms with Gasteiger partial charge in [-0.15, -0.1) is 0 Å². The minimum atomic E-state index is -0.342. The van der Waals surface area contributed by atoms with Crippen molar-refractivity contribution in [2.24, 2.45) is 5.73 Å². The van der Waals surface area contributed by atoms with Crippen LogP contribution in [0.5, 0.6) is 0 Å². The molecule has 0 saturated carbocycles. The Bertz CT molecular complexity index is 270. The minimum Gasteiger partial charge on any atom is -0.321 e. The van der Waals surface area contributed by atoms with Crippen molar-refractivity contribution in [3.05, 3.63) is 23.3 Å². The van der Waals surface area contributed by atoms with Gasteiger partial charge < -0.3 is 11.1 Å². The van der Waals surface area contributed by atoms with E-state index in [1.165, 1.54) is 5.57 Å². The highest BCUT2D eigenvalue weighted by Gasteiger charge is 2.26. The van der Waals surface area contributed by atoms with Crippen molar-refractivity contribution in [1.29, 1.82) is 5.41 Å². The summed E-state index contributed by atoms with van der Waals surface area (Å²) in [6.07, 6.45) is 4.96. The van der Waals surface area contributed by atoms with Gasteiger partial charge in [-0.25, -0.2) is 0 Å². The summed E-state index contributed by atoms with van der Waals surface area (Å²) in [6.45, 7) is 5.80. The predicted octanol–water partition coefficient (Wildman–Crippen LogP) is 2.02. The van der Waals surface area contributed by atoms with E-state index >= 15 is 0 Å². The van der Waals surface area contributed by atoms with Gasteiger partial charge in [0, 0.05) is 11.3 Å². The first-order valence-corrected chi connectivity index (χ1v) is 4.17. The normalized spacial score (nSPS) is 29.3. The standard InChI is InChI=1S/C10H16N2/c1-7-4-5-10(3,12)9(6-7)8(2)11/h4,6,11H,5,12H2,1-3H3. The lowest BCUT2D eigenvalue weighted by atomic mass is 9.81. The van der Waals surface area contributed by atoms with E-state index in [-0.39, 0.29) is 5.54 Å². The van der Waals surface area contributed by atoms with Crippen LogP contribution in [0.25, 0.3) is 0 Å². The smallest absolute Gasteiger partial charge is 0.0433 e. The number of hydrogen-bond acceptors (Lipinski definition) is 2. The number of nitrogens with one attached hydrogen (secondary N) is 1. The van der Waals surface area contributed by atoms with Crippen LogP contribution in [0.15, 0.2) is 23.3 Å². The van der Waals surface area contributed by atoms with Gasteiger partial charge in [-0.05, 0) is 32.8 Å². The summed E-state index contributed by atoms with van der Waals surface area (Å²) < 4.78 is 0. The van der Waals surface area contributed by atoms with E-state index in [0.29, 0.717) is 5.71 Å². The van der Waals surface area contributed by atoms with Gasteiger partial charge in [0.2, 0.25) is 0 Å². The number of hydrogen-bond donors (Lipinski definition) is 2. The maximum atomic E-state index is 7.56. The molecule has 2 nitrogen and oxygen atoms in total. The van der Waals surface area contributed by atoms with Gasteiger partial charge in [0.05, 0.1) is 0 Å². The molecule has 1 aliphatic carbocycles. The molecule has 0 saturated heterocycles. The Morgan fingerprint density at radius 1 is 1.67 bits per heavy atom. The van der Waals surface area contributed by atoms with Crippen LogP contribution >= 0.6 is 0 Å². The Kier molecular flexibility index (Phi) is 2.20. The fourth-order valence-corrected chi connectivity index (χ4v) is 1.47. The second-order valence-electron chi connectivity index (χ2n) is 3.75. The highest BCUT2D eigenvalue weighted by atomic mass is 14.7. The summed E-state index contributed by atoms with van der Waals surface area (Å²) in [7, 11) is 0. The molecule has 3 N–H and O–H groups in total. The molecule has 0 aromatic heterocycles. The quantitative estimate of drug-likeness (QED) is 0.572. The van der Waals surface area contributed by atoms with Crippen LogP contribution in [-0.2, 0) is 0 Å². The third-order valence-corrected chi connectivity index (χ3v) is 2.24. The second-order valence-corrected chi connectivity index (χ2v) is 3.75. The van der Waals surface area contributed by atoms with Crippen LogP contribution in [0.3, 0.4) is 0 Å². The largest absolute Gasteiger partial charge is 0.321 e. The molecule has 0 fully saturated rings. The topological polar surface area (TPSA) is 49.9 Å². The van der Waals surface area contributed by atoms with E-state index in [4.69, 9.17) is 11.1 Å². The fraction of sp³-hybridized carbons (Fsp3) is 0.500. The first-order valence-electron chi connectivity index (χ1n) is 4.17. The van der Waals surface area contributed by atoms with Crippen LogP contribution < -0.4 is 5.73 Å². The molecule has 0 aliphatic heterocycles. The van der Waals surface area contributed by atoms with Crippen molar-refractivity contribution in [2.75, 3.05) is 0 Å². The van der Waals surface area contributed by atoms with Crippen LogP contribution in [0.2, 0.25) is 0 Å². The van der Waals surface area contributed by atoms with E-state index in [2.05, 4.69) is 6.08 Å². The Labute approximate surface area is 73.7 Å². The lowest BCUT2D eigenvalue weighted by molar-refractivity contribution is 0.567. The summed E-state index contributed by atoms with van der Waals surface area (Å²) >= 11 is 0. The fourth-order valence-electron chi connectivity index (χ4n) is 1.47.